The molecule has 1 atom stereocenters. The van der Waals surface area contributed by atoms with Gasteiger partial charge in [0.2, 0.25) is 0 Å². The third-order valence-electron chi connectivity index (χ3n) is 4.51. The Balaban J connectivity index is 1.96. The van der Waals surface area contributed by atoms with Gasteiger partial charge >= 0.3 is 0 Å². The minimum atomic E-state index is -0.454. The van der Waals surface area contributed by atoms with Crippen molar-refractivity contribution in [2.75, 3.05) is 33.9 Å². The van der Waals surface area contributed by atoms with Crippen molar-refractivity contribution in [1.29, 1.82) is 0 Å². The van der Waals surface area contributed by atoms with Crippen LogP contribution in [0.3, 0.4) is 0 Å². The van der Waals surface area contributed by atoms with E-state index in [-0.39, 0.29) is 5.69 Å². The number of nitrogens with one attached hydrogen (secondary N) is 2. The van der Waals surface area contributed by atoms with E-state index in [1.54, 1.807) is 19.2 Å². The quantitative estimate of drug-likeness (QED) is 0.808. The number of rotatable bonds is 5. The highest BCUT2D eigenvalue weighted by Crippen LogP contribution is 2.30. The molecule has 1 aromatic carbocycles. The van der Waals surface area contributed by atoms with Crippen molar-refractivity contribution in [2.45, 2.75) is 6.42 Å². The number of methoxy groups -OCH3 is 2. The van der Waals surface area contributed by atoms with Crippen LogP contribution in [-0.2, 0) is 7.05 Å². The van der Waals surface area contributed by atoms with Crippen molar-refractivity contribution < 1.29 is 14.3 Å². The SMILES string of the molecule is COc1cc2nc(C(=O)NC[C@H]3CCNC3)c(=O)n(C)c2cc1OC. The summed E-state index contributed by atoms with van der Waals surface area (Å²) in [4.78, 5) is 29.2. The standard InChI is InChI=1S/C17H22N4O4/c1-21-12-7-14(25-3)13(24-2)6-11(12)20-15(17(21)23)16(22)19-9-10-4-5-18-8-10/h6-7,10,18H,4-5,8-9H2,1-3H3,(H,19,22)/t10-/m0/s1. The second-order valence-corrected chi connectivity index (χ2v) is 6.09. The Hall–Kier alpha value is -2.61. The number of carbonyl (C=O) groups is 1. The molecule has 1 amide bonds. The van der Waals surface area contributed by atoms with Gasteiger partial charge in [0.05, 0.1) is 25.3 Å². The average Bonchev–Trinajstić information content (AvgIpc) is 3.15. The number of ether oxygens (including phenoxy) is 2. The molecule has 0 unspecified atom stereocenters. The van der Waals surface area contributed by atoms with Crippen LogP contribution in [0.15, 0.2) is 16.9 Å². The summed E-state index contributed by atoms with van der Waals surface area (Å²) >= 11 is 0. The molecule has 134 valence electrons. The zero-order valence-corrected chi connectivity index (χ0v) is 14.6. The fourth-order valence-corrected chi connectivity index (χ4v) is 3.01. The van der Waals surface area contributed by atoms with Crippen molar-refractivity contribution in [1.82, 2.24) is 20.2 Å². The van der Waals surface area contributed by atoms with Gasteiger partial charge in [-0.05, 0) is 25.4 Å². The summed E-state index contributed by atoms with van der Waals surface area (Å²) in [6.45, 7) is 2.36. The molecular weight excluding hydrogens is 324 g/mol. The molecule has 2 N–H and O–H groups in total. The van der Waals surface area contributed by atoms with E-state index in [0.29, 0.717) is 35.0 Å². The van der Waals surface area contributed by atoms with Crippen molar-refractivity contribution in [3.05, 3.63) is 28.2 Å². The largest absolute Gasteiger partial charge is 0.493 e. The summed E-state index contributed by atoms with van der Waals surface area (Å²) in [5, 5.41) is 6.06. The number of fused-ring (bicyclic) bond motifs is 1. The Labute approximate surface area is 145 Å². The van der Waals surface area contributed by atoms with Crippen molar-refractivity contribution in [3.8, 4) is 11.5 Å². The fraction of sp³-hybridized carbons (Fsp3) is 0.471. The smallest absolute Gasteiger partial charge is 0.282 e. The molecule has 0 bridgehead atoms. The lowest BCUT2D eigenvalue weighted by atomic mass is 10.1. The molecule has 8 nitrogen and oxygen atoms in total. The summed E-state index contributed by atoms with van der Waals surface area (Å²) < 4.78 is 11.9. The molecule has 2 heterocycles. The maximum Gasteiger partial charge on any atom is 0.282 e. The van der Waals surface area contributed by atoms with E-state index >= 15 is 0 Å². The third-order valence-corrected chi connectivity index (χ3v) is 4.51. The zero-order valence-electron chi connectivity index (χ0n) is 14.6. The third kappa shape index (κ3) is 3.30. The first-order valence-electron chi connectivity index (χ1n) is 8.16. The highest BCUT2D eigenvalue weighted by molar-refractivity contribution is 5.94. The predicted molar refractivity (Wildman–Crippen MR) is 93.4 cm³/mol. The highest BCUT2D eigenvalue weighted by Gasteiger charge is 2.20. The van der Waals surface area contributed by atoms with Gasteiger partial charge in [-0.25, -0.2) is 4.98 Å². The van der Waals surface area contributed by atoms with E-state index in [0.717, 1.165) is 19.5 Å². The van der Waals surface area contributed by atoms with Crippen LogP contribution in [0, 0.1) is 5.92 Å². The Morgan fingerprint density at radius 1 is 1.36 bits per heavy atom. The summed E-state index contributed by atoms with van der Waals surface area (Å²) in [5.74, 6) is 0.920. The molecule has 1 saturated heterocycles. The maximum absolute atomic E-state index is 12.5. The predicted octanol–water partition coefficient (Wildman–Crippen LogP) is 0.290. The fourth-order valence-electron chi connectivity index (χ4n) is 3.01. The molecule has 1 aliphatic rings. The molecular formula is C17H22N4O4. The number of carbonyl (C=O) groups excluding carboxylic acids is 1. The van der Waals surface area contributed by atoms with Crippen LogP contribution in [-0.4, -0.2) is 49.3 Å². The highest BCUT2D eigenvalue weighted by atomic mass is 16.5. The number of nitrogens with zero attached hydrogens (tertiary/aromatic N) is 2. The Kier molecular flexibility index (Phi) is 4.89. The average molecular weight is 346 g/mol. The first-order chi connectivity index (χ1) is 12.0. The maximum atomic E-state index is 12.5. The first kappa shape index (κ1) is 17.2. The van der Waals surface area contributed by atoms with Gasteiger partial charge in [-0.2, -0.15) is 0 Å². The summed E-state index contributed by atoms with van der Waals surface area (Å²) in [6, 6.07) is 3.33. The van der Waals surface area contributed by atoms with E-state index in [1.165, 1.54) is 18.8 Å². The Morgan fingerprint density at radius 2 is 2.08 bits per heavy atom. The minimum absolute atomic E-state index is 0.117. The lowest BCUT2D eigenvalue weighted by Crippen LogP contribution is -2.36. The van der Waals surface area contributed by atoms with E-state index < -0.39 is 11.5 Å². The molecule has 0 radical (unpaired) electrons. The van der Waals surface area contributed by atoms with Crippen LogP contribution >= 0.6 is 0 Å². The molecule has 3 rings (SSSR count). The van der Waals surface area contributed by atoms with Gasteiger partial charge in [0, 0.05) is 25.7 Å². The number of benzene rings is 1. The normalized spacial score (nSPS) is 16.8. The van der Waals surface area contributed by atoms with Gasteiger partial charge in [0.15, 0.2) is 17.2 Å². The molecule has 1 fully saturated rings. The molecule has 0 saturated carbocycles. The van der Waals surface area contributed by atoms with Gasteiger partial charge in [-0.3, -0.25) is 9.59 Å². The van der Waals surface area contributed by atoms with Gasteiger partial charge in [-0.1, -0.05) is 0 Å². The molecule has 1 aliphatic heterocycles. The van der Waals surface area contributed by atoms with Crippen LogP contribution in [0.4, 0.5) is 0 Å². The Morgan fingerprint density at radius 3 is 2.72 bits per heavy atom. The van der Waals surface area contributed by atoms with Gasteiger partial charge in [-0.15, -0.1) is 0 Å². The van der Waals surface area contributed by atoms with E-state index in [4.69, 9.17) is 9.47 Å². The summed E-state index contributed by atoms with van der Waals surface area (Å²) in [7, 11) is 4.65. The van der Waals surface area contributed by atoms with Crippen molar-refractivity contribution in [2.24, 2.45) is 13.0 Å². The lowest BCUT2D eigenvalue weighted by Gasteiger charge is -2.13. The van der Waals surface area contributed by atoms with Crippen molar-refractivity contribution >= 4 is 16.9 Å². The first-order valence-corrected chi connectivity index (χ1v) is 8.16. The van der Waals surface area contributed by atoms with Crippen molar-refractivity contribution in [3.63, 3.8) is 0 Å². The van der Waals surface area contributed by atoms with Crippen LogP contribution < -0.4 is 25.7 Å². The summed E-state index contributed by atoms with van der Waals surface area (Å²) in [6.07, 6.45) is 1.01. The zero-order chi connectivity index (χ0) is 18.0. The molecule has 8 heteroatoms. The minimum Gasteiger partial charge on any atom is -0.493 e. The summed E-state index contributed by atoms with van der Waals surface area (Å²) in [5.41, 5.74) is 0.501. The van der Waals surface area contributed by atoms with E-state index in [2.05, 4.69) is 15.6 Å². The molecule has 0 aliphatic carbocycles. The molecule has 2 aromatic rings. The molecule has 1 aromatic heterocycles. The number of hydrogen-bond acceptors (Lipinski definition) is 6. The van der Waals surface area contributed by atoms with E-state index in [1.807, 2.05) is 0 Å². The molecule has 25 heavy (non-hydrogen) atoms. The van der Waals surface area contributed by atoms with Crippen LogP contribution in [0.25, 0.3) is 11.0 Å². The number of hydrogen-bond donors (Lipinski definition) is 2. The second-order valence-electron chi connectivity index (χ2n) is 6.09. The number of amides is 1. The monoisotopic (exact) mass is 346 g/mol. The van der Waals surface area contributed by atoms with Crippen LogP contribution in [0.2, 0.25) is 0 Å². The van der Waals surface area contributed by atoms with E-state index in [9.17, 15) is 9.59 Å². The van der Waals surface area contributed by atoms with Gasteiger partial charge in [0.1, 0.15) is 0 Å². The van der Waals surface area contributed by atoms with Crippen LogP contribution in [0.5, 0.6) is 11.5 Å². The van der Waals surface area contributed by atoms with Crippen LogP contribution in [0.1, 0.15) is 16.9 Å². The number of aromatic nitrogens is 2. The topological polar surface area (TPSA) is 94.5 Å². The number of aryl methyl sites for hydroxylation is 1. The van der Waals surface area contributed by atoms with Gasteiger partial charge < -0.3 is 24.7 Å². The Bertz CT molecular complexity index is 856. The lowest BCUT2D eigenvalue weighted by molar-refractivity contribution is 0.0941. The second kappa shape index (κ2) is 7.10. The molecule has 0 spiro atoms. The van der Waals surface area contributed by atoms with Gasteiger partial charge in [0.25, 0.3) is 11.5 Å².